The van der Waals surface area contributed by atoms with E-state index in [2.05, 4.69) is 10.6 Å². The maximum Gasteiger partial charge on any atom is 0.227 e. The average molecular weight is 388 g/mol. The molecule has 6 heteroatoms. The third kappa shape index (κ3) is 4.54. The summed E-state index contributed by atoms with van der Waals surface area (Å²) in [6.45, 7) is 0.305. The number of carbonyl (C=O) groups excluding carboxylic acids is 2. The standard InChI is InChI=1S/C23H24N4O2/c28-21(14-15-24-22(29)16-17-8-3-1-4-9-17)25-23-19-12-7-13-20(19)26-27(23)18-10-5-2-6-11-18/h1-6,8-11H,7,12-16H2,(H,24,29)(H,25,28). The van der Waals surface area contributed by atoms with Gasteiger partial charge in [-0.3, -0.25) is 9.59 Å². The summed E-state index contributed by atoms with van der Waals surface area (Å²) in [6.07, 6.45) is 3.46. The largest absolute Gasteiger partial charge is 0.355 e. The Kier molecular flexibility index (Phi) is 5.70. The second-order valence-corrected chi connectivity index (χ2v) is 7.19. The van der Waals surface area contributed by atoms with Gasteiger partial charge in [0.15, 0.2) is 0 Å². The van der Waals surface area contributed by atoms with Crippen LogP contribution in [0.25, 0.3) is 5.69 Å². The number of amides is 2. The molecule has 1 heterocycles. The third-order valence-electron chi connectivity index (χ3n) is 5.05. The molecule has 2 amide bonds. The van der Waals surface area contributed by atoms with Gasteiger partial charge in [-0.05, 0) is 37.0 Å². The number of hydrogen-bond acceptors (Lipinski definition) is 3. The van der Waals surface area contributed by atoms with Gasteiger partial charge in [0.05, 0.1) is 17.8 Å². The van der Waals surface area contributed by atoms with E-state index in [4.69, 9.17) is 5.10 Å². The van der Waals surface area contributed by atoms with Crippen LogP contribution in [0, 0.1) is 0 Å². The minimum Gasteiger partial charge on any atom is -0.355 e. The Morgan fingerprint density at radius 1 is 0.931 bits per heavy atom. The van der Waals surface area contributed by atoms with E-state index in [1.165, 1.54) is 0 Å². The lowest BCUT2D eigenvalue weighted by Gasteiger charge is -2.11. The van der Waals surface area contributed by atoms with Crippen LogP contribution in [0.15, 0.2) is 60.7 Å². The molecule has 0 fully saturated rings. The van der Waals surface area contributed by atoms with E-state index in [-0.39, 0.29) is 18.2 Å². The number of fused-ring (bicyclic) bond motifs is 1. The van der Waals surface area contributed by atoms with Gasteiger partial charge in [-0.2, -0.15) is 5.10 Å². The Morgan fingerprint density at radius 3 is 2.41 bits per heavy atom. The number of nitrogens with zero attached hydrogens (tertiary/aromatic N) is 2. The molecule has 0 spiro atoms. The van der Waals surface area contributed by atoms with E-state index in [1.807, 2.05) is 65.3 Å². The molecule has 0 aliphatic heterocycles. The first-order chi connectivity index (χ1) is 14.2. The van der Waals surface area contributed by atoms with Gasteiger partial charge in [-0.1, -0.05) is 48.5 Å². The first-order valence-corrected chi connectivity index (χ1v) is 9.97. The maximum absolute atomic E-state index is 12.5. The van der Waals surface area contributed by atoms with Crippen molar-refractivity contribution in [3.63, 3.8) is 0 Å². The van der Waals surface area contributed by atoms with Crippen molar-refractivity contribution in [2.75, 3.05) is 11.9 Å². The van der Waals surface area contributed by atoms with Gasteiger partial charge in [0.25, 0.3) is 0 Å². The molecular formula is C23H24N4O2. The lowest BCUT2D eigenvalue weighted by molar-refractivity contribution is -0.120. The third-order valence-corrected chi connectivity index (χ3v) is 5.05. The molecule has 2 aromatic carbocycles. The van der Waals surface area contributed by atoms with Gasteiger partial charge < -0.3 is 10.6 Å². The number of benzene rings is 2. The van der Waals surface area contributed by atoms with Crippen molar-refractivity contribution in [1.29, 1.82) is 0 Å². The molecule has 4 rings (SSSR count). The highest BCUT2D eigenvalue weighted by molar-refractivity contribution is 5.91. The number of rotatable bonds is 7. The highest BCUT2D eigenvalue weighted by Crippen LogP contribution is 2.30. The molecule has 1 aliphatic carbocycles. The van der Waals surface area contributed by atoms with Crippen LogP contribution in [0.2, 0.25) is 0 Å². The van der Waals surface area contributed by atoms with Gasteiger partial charge in [0.1, 0.15) is 5.82 Å². The number of nitrogens with one attached hydrogen (secondary N) is 2. The van der Waals surface area contributed by atoms with Crippen molar-refractivity contribution in [3.05, 3.63) is 77.5 Å². The van der Waals surface area contributed by atoms with Gasteiger partial charge >= 0.3 is 0 Å². The van der Waals surface area contributed by atoms with E-state index in [9.17, 15) is 9.59 Å². The Labute approximate surface area is 169 Å². The normalized spacial score (nSPS) is 12.4. The number of aromatic nitrogens is 2. The van der Waals surface area contributed by atoms with E-state index in [0.29, 0.717) is 13.0 Å². The van der Waals surface area contributed by atoms with Crippen molar-refractivity contribution < 1.29 is 9.59 Å². The molecule has 3 aromatic rings. The Bertz CT molecular complexity index is 996. The van der Waals surface area contributed by atoms with Crippen LogP contribution >= 0.6 is 0 Å². The Hall–Kier alpha value is -3.41. The molecule has 2 N–H and O–H groups in total. The second kappa shape index (κ2) is 8.73. The SMILES string of the molecule is O=C(Cc1ccccc1)NCCC(=O)Nc1c2c(nn1-c1ccccc1)CCC2. The predicted octanol–water partition coefficient (Wildman–Crippen LogP) is 3.05. The van der Waals surface area contributed by atoms with Crippen molar-refractivity contribution in [1.82, 2.24) is 15.1 Å². The first-order valence-electron chi connectivity index (χ1n) is 9.97. The van der Waals surface area contributed by atoms with Gasteiger partial charge in [0, 0.05) is 18.5 Å². The summed E-state index contributed by atoms with van der Waals surface area (Å²) in [4.78, 5) is 24.6. The zero-order valence-corrected chi connectivity index (χ0v) is 16.2. The zero-order chi connectivity index (χ0) is 20.1. The summed E-state index contributed by atoms with van der Waals surface area (Å²) in [7, 11) is 0. The number of para-hydroxylation sites is 1. The van der Waals surface area contributed by atoms with Crippen molar-refractivity contribution in [3.8, 4) is 5.69 Å². The monoisotopic (exact) mass is 388 g/mol. The lowest BCUT2D eigenvalue weighted by atomic mass is 10.1. The Morgan fingerprint density at radius 2 is 1.66 bits per heavy atom. The molecule has 0 saturated carbocycles. The number of aryl methyl sites for hydroxylation is 1. The topological polar surface area (TPSA) is 76.0 Å². The Balaban J connectivity index is 1.36. The quantitative estimate of drug-likeness (QED) is 0.653. The molecule has 0 bridgehead atoms. The summed E-state index contributed by atoms with van der Waals surface area (Å²) < 4.78 is 1.82. The van der Waals surface area contributed by atoms with Crippen molar-refractivity contribution in [2.45, 2.75) is 32.1 Å². The smallest absolute Gasteiger partial charge is 0.227 e. The summed E-state index contributed by atoms with van der Waals surface area (Å²) >= 11 is 0. The summed E-state index contributed by atoms with van der Waals surface area (Å²) in [6, 6.07) is 19.4. The van der Waals surface area contributed by atoms with Crippen LogP contribution < -0.4 is 10.6 Å². The van der Waals surface area contributed by atoms with Gasteiger partial charge in [0.2, 0.25) is 11.8 Å². The summed E-state index contributed by atoms with van der Waals surface area (Å²) in [5.74, 6) is 0.542. The lowest BCUT2D eigenvalue weighted by Crippen LogP contribution is -2.29. The van der Waals surface area contributed by atoms with E-state index in [1.54, 1.807) is 0 Å². The molecule has 0 saturated heterocycles. The van der Waals surface area contributed by atoms with Crippen LogP contribution in [-0.4, -0.2) is 28.1 Å². The van der Waals surface area contributed by atoms with E-state index < -0.39 is 0 Å². The molecule has 6 nitrogen and oxygen atoms in total. The summed E-state index contributed by atoms with van der Waals surface area (Å²) in [5.41, 5.74) is 4.06. The number of anilines is 1. The van der Waals surface area contributed by atoms with Crippen LogP contribution in [0.1, 0.15) is 29.7 Å². The number of carbonyl (C=O) groups is 2. The molecule has 29 heavy (non-hydrogen) atoms. The van der Waals surface area contributed by atoms with Crippen LogP contribution in [0.5, 0.6) is 0 Å². The average Bonchev–Trinajstić information content (AvgIpc) is 3.32. The molecule has 1 aliphatic rings. The second-order valence-electron chi connectivity index (χ2n) is 7.19. The van der Waals surface area contributed by atoms with Crippen LogP contribution in [-0.2, 0) is 28.9 Å². The summed E-state index contributed by atoms with van der Waals surface area (Å²) in [5, 5.41) is 10.5. The molecule has 0 unspecified atom stereocenters. The zero-order valence-electron chi connectivity index (χ0n) is 16.2. The highest BCUT2D eigenvalue weighted by atomic mass is 16.2. The fourth-order valence-electron chi connectivity index (χ4n) is 3.63. The minimum atomic E-state index is -0.128. The van der Waals surface area contributed by atoms with E-state index >= 15 is 0 Å². The molecular weight excluding hydrogens is 364 g/mol. The first kappa shape index (κ1) is 18.9. The molecule has 0 atom stereocenters. The minimum absolute atomic E-state index is 0.0841. The van der Waals surface area contributed by atoms with Crippen molar-refractivity contribution >= 4 is 17.6 Å². The predicted molar refractivity (Wildman–Crippen MR) is 112 cm³/mol. The fraction of sp³-hybridized carbons (Fsp3) is 0.261. The van der Waals surface area contributed by atoms with Gasteiger partial charge in [-0.15, -0.1) is 0 Å². The van der Waals surface area contributed by atoms with Crippen molar-refractivity contribution in [2.24, 2.45) is 0 Å². The molecule has 1 aromatic heterocycles. The van der Waals surface area contributed by atoms with Crippen LogP contribution in [0.3, 0.4) is 0 Å². The van der Waals surface area contributed by atoms with Crippen LogP contribution in [0.4, 0.5) is 5.82 Å². The maximum atomic E-state index is 12.5. The highest BCUT2D eigenvalue weighted by Gasteiger charge is 2.24. The fourth-order valence-corrected chi connectivity index (χ4v) is 3.63. The molecule has 0 radical (unpaired) electrons. The number of hydrogen-bond donors (Lipinski definition) is 2. The van der Waals surface area contributed by atoms with E-state index in [0.717, 1.165) is 47.6 Å². The molecule has 148 valence electrons. The van der Waals surface area contributed by atoms with Gasteiger partial charge in [-0.25, -0.2) is 4.68 Å².